The summed E-state index contributed by atoms with van der Waals surface area (Å²) in [6.07, 6.45) is 1.98. The molecular formula is C14H18N2O3. The van der Waals surface area contributed by atoms with E-state index in [1.807, 2.05) is 25.1 Å². The van der Waals surface area contributed by atoms with Crippen molar-refractivity contribution in [2.75, 3.05) is 6.61 Å². The number of benzene rings is 1. The van der Waals surface area contributed by atoms with E-state index in [9.17, 15) is 4.79 Å². The summed E-state index contributed by atoms with van der Waals surface area (Å²) in [6, 6.07) is 5.81. The lowest BCUT2D eigenvalue weighted by molar-refractivity contribution is 0.173. The number of aryl methyl sites for hydroxylation is 2. The highest BCUT2D eigenvalue weighted by Crippen LogP contribution is 2.14. The van der Waals surface area contributed by atoms with Gasteiger partial charge in [-0.05, 0) is 31.0 Å². The Kier molecular flexibility index (Phi) is 4.04. The van der Waals surface area contributed by atoms with E-state index in [4.69, 9.17) is 4.42 Å². The maximum absolute atomic E-state index is 11.1. The van der Waals surface area contributed by atoms with Crippen LogP contribution in [0.2, 0.25) is 0 Å². The third-order valence-electron chi connectivity index (χ3n) is 3.04. The molecule has 1 aliphatic rings. The van der Waals surface area contributed by atoms with Crippen LogP contribution in [0.5, 0.6) is 0 Å². The minimum Gasteiger partial charge on any atom is -0.408 e. The zero-order valence-electron chi connectivity index (χ0n) is 11.5. The molecule has 2 heterocycles. The molecule has 0 fully saturated rings. The largest absolute Gasteiger partial charge is 0.419 e. The van der Waals surface area contributed by atoms with Gasteiger partial charge in [0.2, 0.25) is 0 Å². The third-order valence-corrected chi connectivity index (χ3v) is 3.04. The molecule has 0 bridgehead atoms. The zero-order chi connectivity index (χ0) is 13.8. The van der Waals surface area contributed by atoms with Gasteiger partial charge in [0.05, 0.1) is 11.2 Å². The van der Waals surface area contributed by atoms with Crippen LogP contribution in [0.25, 0.3) is 11.1 Å². The first-order valence-electron chi connectivity index (χ1n) is 6.35. The molecule has 2 aromatic rings. The quantitative estimate of drug-likeness (QED) is 0.793. The van der Waals surface area contributed by atoms with Crippen molar-refractivity contribution >= 4 is 16.8 Å². The summed E-state index contributed by atoms with van der Waals surface area (Å²) < 4.78 is 6.53. The van der Waals surface area contributed by atoms with Crippen molar-refractivity contribution in [3.05, 3.63) is 34.3 Å². The maximum Gasteiger partial charge on any atom is 0.419 e. The molecule has 1 aliphatic heterocycles. The van der Waals surface area contributed by atoms with Gasteiger partial charge in [0.15, 0.2) is 5.58 Å². The number of hydrogen-bond donors (Lipinski definition) is 0. The molecule has 0 spiro atoms. The summed E-state index contributed by atoms with van der Waals surface area (Å²) in [4.78, 5) is 15.8. The summed E-state index contributed by atoms with van der Waals surface area (Å²) in [5, 5.41) is 3.65. The SMILES string of the molecule is CC1=NOCC1.CCc1ccc2oc(=O)n(C)c2c1. The molecule has 0 amide bonds. The lowest BCUT2D eigenvalue weighted by Gasteiger charge is -1.95. The molecule has 0 saturated carbocycles. The van der Waals surface area contributed by atoms with Gasteiger partial charge in [-0.1, -0.05) is 18.1 Å². The Morgan fingerprint density at radius 1 is 1.42 bits per heavy atom. The van der Waals surface area contributed by atoms with E-state index in [1.54, 1.807) is 7.05 Å². The summed E-state index contributed by atoms with van der Waals surface area (Å²) in [5.41, 5.74) is 3.84. The average molecular weight is 262 g/mol. The van der Waals surface area contributed by atoms with Gasteiger partial charge < -0.3 is 9.25 Å². The Bertz CT molecular complexity index is 652. The van der Waals surface area contributed by atoms with Crippen LogP contribution in [0.1, 0.15) is 25.8 Å². The minimum absolute atomic E-state index is 0.303. The molecule has 5 nitrogen and oxygen atoms in total. The molecule has 0 atom stereocenters. The van der Waals surface area contributed by atoms with E-state index in [-0.39, 0.29) is 5.76 Å². The smallest absolute Gasteiger partial charge is 0.408 e. The van der Waals surface area contributed by atoms with Gasteiger partial charge in [0, 0.05) is 13.5 Å². The maximum atomic E-state index is 11.1. The van der Waals surface area contributed by atoms with Gasteiger partial charge in [-0.2, -0.15) is 0 Å². The van der Waals surface area contributed by atoms with Crippen LogP contribution < -0.4 is 5.76 Å². The second-order valence-corrected chi connectivity index (χ2v) is 4.49. The first kappa shape index (κ1) is 13.4. The summed E-state index contributed by atoms with van der Waals surface area (Å²) in [5.74, 6) is -0.303. The van der Waals surface area contributed by atoms with Gasteiger partial charge in [-0.25, -0.2) is 4.79 Å². The number of aromatic nitrogens is 1. The Balaban J connectivity index is 0.000000186. The minimum atomic E-state index is -0.303. The van der Waals surface area contributed by atoms with Crippen LogP contribution in [-0.2, 0) is 18.3 Å². The van der Waals surface area contributed by atoms with Crippen LogP contribution in [-0.4, -0.2) is 16.9 Å². The van der Waals surface area contributed by atoms with Crippen LogP contribution in [0, 0.1) is 0 Å². The van der Waals surface area contributed by atoms with Crippen molar-refractivity contribution in [1.29, 1.82) is 0 Å². The van der Waals surface area contributed by atoms with Crippen LogP contribution in [0.3, 0.4) is 0 Å². The van der Waals surface area contributed by atoms with E-state index in [2.05, 4.69) is 16.9 Å². The summed E-state index contributed by atoms with van der Waals surface area (Å²) >= 11 is 0. The Morgan fingerprint density at radius 2 is 2.21 bits per heavy atom. The molecular weight excluding hydrogens is 244 g/mol. The van der Waals surface area contributed by atoms with Crippen molar-refractivity contribution in [1.82, 2.24) is 4.57 Å². The topological polar surface area (TPSA) is 56.7 Å². The fraction of sp³-hybridized carbons (Fsp3) is 0.429. The standard InChI is InChI=1S/C10H11NO2.C4H7NO/c1-3-7-4-5-9-8(6-7)11(2)10(12)13-9;1-4-2-3-6-5-4/h4-6H,3H2,1-2H3;2-3H2,1H3. The Labute approximate surface area is 111 Å². The summed E-state index contributed by atoms with van der Waals surface area (Å²) in [7, 11) is 1.72. The number of hydrogen-bond acceptors (Lipinski definition) is 4. The van der Waals surface area contributed by atoms with Crippen LogP contribution in [0.4, 0.5) is 0 Å². The van der Waals surface area contributed by atoms with E-state index in [0.29, 0.717) is 5.58 Å². The van der Waals surface area contributed by atoms with E-state index in [0.717, 1.165) is 30.7 Å². The van der Waals surface area contributed by atoms with E-state index in [1.165, 1.54) is 10.1 Å². The van der Waals surface area contributed by atoms with Crippen molar-refractivity contribution in [3.63, 3.8) is 0 Å². The number of fused-ring (bicyclic) bond motifs is 1. The van der Waals surface area contributed by atoms with Crippen LogP contribution in [0.15, 0.2) is 32.6 Å². The predicted octanol–water partition coefficient (Wildman–Crippen LogP) is 2.48. The third kappa shape index (κ3) is 3.05. The van der Waals surface area contributed by atoms with Crippen molar-refractivity contribution in [3.8, 4) is 0 Å². The molecule has 0 saturated heterocycles. The average Bonchev–Trinajstić information content (AvgIpc) is 2.99. The first-order valence-corrected chi connectivity index (χ1v) is 6.35. The van der Waals surface area contributed by atoms with Crippen molar-refractivity contribution in [2.24, 2.45) is 12.2 Å². The van der Waals surface area contributed by atoms with Gasteiger partial charge in [-0.15, -0.1) is 0 Å². The molecule has 102 valence electrons. The van der Waals surface area contributed by atoms with Crippen molar-refractivity contribution in [2.45, 2.75) is 26.7 Å². The second-order valence-electron chi connectivity index (χ2n) is 4.49. The highest BCUT2D eigenvalue weighted by molar-refractivity contribution is 5.82. The number of nitrogens with zero attached hydrogens (tertiary/aromatic N) is 2. The lowest BCUT2D eigenvalue weighted by atomic mass is 10.1. The van der Waals surface area contributed by atoms with Gasteiger partial charge in [0.1, 0.15) is 6.61 Å². The highest BCUT2D eigenvalue weighted by atomic mass is 16.6. The zero-order valence-corrected chi connectivity index (χ0v) is 11.5. The van der Waals surface area contributed by atoms with Gasteiger partial charge in [-0.3, -0.25) is 4.57 Å². The second kappa shape index (κ2) is 5.73. The number of rotatable bonds is 1. The molecule has 0 unspecified atom stereocenters. The highest BCUT2D eigenvalue weighted by Gasteiger charge is 2.04. The molecule has 19 heavy (non-hydrogen) atoms. The van der Waals surface area contributed by atoms with E-state index >= 15 is 0 Å². The normalized spacial score (nSPS) is 13.7. The number of oxazole rings is 1. The Hall–Kier alpha value is -2.04. The molecule has 0 N–H and O–H groups in total. The van der Waals surface area contributed by atoms with E-state index < -0.39 is 0 Å². The molecule has 1 aromatic carbocycles. The lowest BCUT2D eigenvalue weighted by Crippen LogP contribution is -2.08. The van der Waals surface area contributed by atoms with Crippen molar-refractivity contribution < 1.29 is 9.25 Å². The fourth-order valence-corrected chi connectivity index (χ4v) is 1.79. The molecule has 1 aromatic heterocycles. The number of oxime groups is 1. The molecule has 5 heteroatoms. The van der Waals surface area contributed by atoms with Crippen LogP contribution >= 0.6 is 0 Å². The van der Waals surface area contributed by atoms with Gasteiger partial charge in [0.25, 0.3) is 0 Å². The van der Waals surface area contributed by atoms with Gasteiger partial charge >= 0.3 is 5.76 Å². The predicted molar refractivity (Wildman–Crippen MR) is 74.5 cm³/mol. The Morgan fingerprint density at radius 3 is 2.74 bits per heavy atom. The monoisotopic (exact) mass is 262 g/mol. The molecule has 0 aliphatic carbocycles. The fourth-order valence-electron chi connectivity index (χ4n) is 1.79. The first-order chi connectivity index (χ1) is 9.11. The molecule has 3 rings (SSSR count). The molecule has 0 radical (unpaired) electrons. The summed E-state index contributed by atoms with van der Waals surface area (Å²) in [6.45, 7) is 4.83.